The highest BCUT2D eigenvalue weighted by molar-refractivity contribution is 5.97. The van der Waals surface area contributed by atoms with Crippen molar-refractivity contribution in [2.24, 2.45) is 0 Å². The van der Waals surface area contributed by atoms with Gasteiger partial charge in [-0.05, 0) is 43.5 Å². The topological polar surface area (TPSA) is 94.2 Å². The summed E-state index contributed by atoms with van der Waals surface area (Å²) in [5.41, 5.74) is 0.151. The Kier molecular flexibility index (Phi) is 8.04. The predicted octanol–water partition coefficient (Wildman–Crippen LogP) is 2.65. The summed E-state index contributed by atoms with van der Waals surface area (Å²) < 4.78 is 19.0. The number of nitrogens with one attached hydrogen (secondary N) is 2. The third-order valence-electron chi connectivity index (χ3n) is 6.76. The molecular formula is C26H32FN5O4. The van der Waals surface area contributed by atoms with Crippen LogP contribution in [0, 0.1) is 5.82 Å². The number of hydrogen-bond acceptors (Lipinski definition) is 5. The molecule has 0 unspecified atom stereocenters. The number of nitrogens with zero attached hydrogens (tertiary/aromatic N) is 3. The quantitative estimate of drug-likeness (QED) is 0.547. The number of urea groups is 1. The van der Waals surface area contributed by atoms with Crippen molar-refractivity contribution >= 4 is 29.2 Å². The van der Waals surface area contributed by atoms with E-state index in [1.165, 1.54) is 12.1 Å². The van der Waals surface area contributed by atoms with Crippen molar-refractivity contribution in [2.45, 2.75) is 24.8 Å². The predicted molar refractivity (Wildman–Crippen MR) is 134 cm³/mol. The van der Waals surface area contributed by atoms with Crippen molar-refractivity contribution < 1.29 is 23.5 Å². The molecule has 2 aliphatic heterocycles. The average molecular weight is 498 g/mol. The van der Waals surface area contributed by atoms with Crippen LogP contribution in [-0.4, -0.2) is 79.7 Å². The lowest BCUT2D eigenvalue weighted by molar-refractivity contribution is -0.137. The largest absolute Gasteiger partial charge is 0.385 e. The first-order chi connectivity index (χ1) is 17.4. The summed E-state index contributed by atoms with van der Waals surface area (Å²) in [6, 6.07) is 15.2. The Bertz CT molecular complexity index is 1080. The van der Waals surface area contributed by atoms with E-state index in [-0.39, 0.29) is 30.7 Å². The van der Waals surface area contributed by atoms with E-state index in [2.05, 4.69) is 10.6 Å². The maximum absolute atomic E-state index is 14.0. The second kappa shape index (κ2) is 11.4. The minimum Gasteiger partial charge on any atom is -0.385 e. The van der Waals surface area contributed by atoms with Crippen LogP contribution in [-0.2, 0) is 14.3 Å². The lowest BCUT2D eigenvalue weighted by Gasteiger charge is -2.43. The molecule has 0 aliphatic carbocycles. The number of ether oxygens (including phenoxy) is 1. The smallest absolute Gasteiger partial charge is 0.321 e. The van der Waals surface area contributed by atoms with Gasteiger partial charge in [0.25, 0.3) is 5.91 Å². The molecule has 2 aliphatic rings. The van der Waals surface area contributed by atoms with Gasteiger partial charge in [0, 0.05) is 39.0 Å². The number of carbonyl (C=O) groups excluding carboxylic acids is 3. The number of anilines is 2. The van der Waals surface area contributed by atoms with Crippen LogP contribution in [0.1, 0.15) is 19.3 Å². The molecule has 2 fully saturated rings. The summed E-state index contributed by atoms with van der Waals surface area (Å²) in [5.74, 6) is -0.838. The fraction of sp³-hybridized carbons (Fsp3) is 0.423. The van der Waals surface area contributed by atoms with E-state index in [1.54, 1.807) is 29.0 Å². The number of benzene rings is 2. The molecule has 0 atom stereocenters. The number of hydrogen-bond donors (Lipinski definition) is 2. The van der Waals surface area contributed by atoms with Crippen molar-refractivity contribution in [2.75, 3.05) is 56.8 Å². The monoisotopic (exact) mass is 497 g/mol. The fourth-order valence-corrected chi connectivity index (χ4v) is 4.83. The van der Waals surface area contributed by atoms with Crippen molar-refractivity contribution in [3.8, 4) is 0 Å². The highest BCUT2D eigenvalue weighted by atomic mass is 19.1. The van der Waals surface area contributed by atoms with Gasteiger partial charge in [-0.3, -0.25) is 9.59 Å². The Balaban J connectivity index is 1.45. The number of halogens is 1. The zero-order chi connectivity index (χ0) is 25.5. The molecule has 36 heavy (non-hydrogen) atoms. The molecule has 0 aromatic heterocycles. The Morgan fingerprint density at radius 2 is 1.75 bits per heavy atom. The van der Waals surface area contributed by atoms with Crippen molar-refractivity contribution in [1.29, 1.82) is 0 Å². The summed E-state index contributed by atoms with van der Waals surface area (Å²) in [5, 5.41) is 5.46. The van der Waals surface area contributed by atoms with E-state index < -0.39 is 17.4 Å². The van der Waals surface area contributed by atoms with E-state index in [1.807, 2.05) is 35.2 Å². The Morgan fingerprint density at radius 3 is 2.44 bits per heavy atom. The summed E-state index contributed by atoms with van der Waals surface area (Å²) in [4.78, 5) is 44.2. The Morgan fingerprint density at radius 1 is 1.06 bits per heavy atom. The molecule has 0 saturated carbocycles. The molecule has 2 saturated heterocycles. The van der Waals surface area contributed by atoms with Gasteiger partial charge in [0.1, 0.15) is 17.9 Å². The van der Waals surface area contributed by atoms with Crippen LogP contribution in [0.4, 0.5) is 20.6 Å². The molecule has 2 aromatic carbocycles. The fourth-order valence-electron chi connectivity index (χ4n) is 4.83. The van der Waals surface area contributed by atoms with Crippen LogP contribution in [0.3, 0.4) is 0 Å². The molecule has 0 bridgehead atoms. The van der Waals surface area contributed by atoms with Gasteiger partial charge in [0.2, 0.25) is 5.91 Å². The number of methoxy groups -OCH3 is 1. The molecule has 2 heterocycles. The van der Waals surface area contributed by atoms with E-state index >= 15 is 0 Å². The standard InChI is InChI=1S/C26H32FN5O4/c1-36-17-7-14-28-23(33)18-31-19-32(20-8-3-2-4-9-20)26(24(31)34)12-15-30(16-13-26)25(35)29-22-11-6-5-10-21(22)27/h2-6,8-11H,7,12-19H2,1H3,(H,28,33)(H,29,35). The molecule has 2 aromatic rings. The van der Waals surface area contributed by atoms with Crippen LogP contribution in [0.5, 0.6) is 0 Å². The van der Waals surface area contributed by atoms with Gasteiger partial charge in [0.05, 0.1) is 12.4 Å². The number of amides is 4. The first kappa shape index (κ1) is 25.4. The lowest BCUT2D eigenvalue weighted by atomic mass is 9.85. The first-order valence-corrected chi connectivity index (χ1v) is 12.1. The Hall–Kier alpha value is -3.66. The number of piperidine rings is 1. The third kappa shape index (κ3) is 5.43. The highest BCUT2D eigenvalue weighted by Crippen LogP contribution is 2.39. The van der Waals surface area contributed by atoms with Gasteiger partial charge in [-0.15, -0.1) is 0 Å². The minimum absolute atomic E-state index is 0.0333. The van der Waals surface area contributed by atoms with Crippen molar-refractivity contribution in [3.05, 3.63) is 60.4 Å². The summed E-state index contributed by atoms with van der Waals surface area (Å²) in [6.45, 7) is 1.94. The number of rotatable bonds is 8. The summed E-state index contributed by atoms with van der Waals surface area (Å²) >= 11 is 0. The molecule has 9 nitrogen and oxygen atoms in total. The molecule has 192 valence electrons. The van der Waals surface area contributed by atoms with Crippen LogP contribution in [0.15, 0.2) is 54.6 Å². The van der Waals surface area contributed by atoms with Crippen molar-refractivity contribution in [3.63, 3.8) is 0 Å². The molecule has 4 rings (SSSR count). The van der Waals surface area contributed by atoms with E-state index in [4.69, 9.17) is 4.74 Å². The second-order valence-corrected chi connectivity index (χ2v) is 9.03. The molecule has 10 heteroatoms. The van der Waals surface area contributed by atoms with E-state index in [0.717, 1.165) is 5.69 Å². The zero-order valence-corrected chi connectivity index (χ0v) is 20.4. The van der Waals surface area contributed by atoms with Gasteiger partial charge < -0.3 is 30.1 Å². The lowest BCUT2D eigenvalue weighted by Crippen LogP contribution is -2.58. The van der Waals surface area contributed by atoms with Gasteiger partial charge >= 0.3 is 6.03 Å². The molecule has 2 N–H and O–H groups in total. The molecular weight excluding hydrogens is 465 g/mol. The third-order valence-corrected chi connectivity index (χ3v) is 6.76. The zero-order valence-electron chi connectivity index (χ0n) is 20.4. The molecule has 1 spiro atoms. The highest BCUT2D eigenvalue weighted by Gasteiger charge is 2.54. The average Bonchev–Trinajstić information content (AvgIpc) is 3.15. The Labute approximate surface area is 210 Å². The van der Waals surface area contributed by atoms with Crippen LogP contribution < -0.4 is 15.5 Å². The molecule has 4 amide bonds. The number of para-hydroxylation sites is 2. The van der Waals surface area contributed by atoms with Gasteiger partial charge in [0.15, 0.2) is 0 Å². The summed E-state index contributed by atoms with van der Waals surface area (Å²) in [7, 11) is 1.61. The van der Waals surface area contributed by atoms with Crippen LogP contribution in [0.2, 0.25) is 0 Å². The second-order valence-electron chi connectivity index (χ2n) is 9.03. The summed E-state index contributed by atoms with van der Waals surface area (Å²) in [6.07, 6.45) is 1.50. The van der Waals surface area contributed by atoms with Gasteiger partial charge in [-0.2, -0.15) is 0 Å². The van der Waals surface area contributed by atoms with Gasteiger partial charge in [-0.1, -0.05) is 30.3 Å². The van der Waals surface area contributed by atoms with Crippen LogP contribution in [0.25, 0.3) is 0 Å². The van der Waals surface area contributed by atoms with Gasteiger partial charge in [-0.25, -0.2) is 9.18 Å². The number of carbonyl (C=O) groups is 3. The first-order valence-electron chi connectivity index (χ1n) is 12.1. The maximum atomic E-state index is 14.0. The SMILES string of the molecule is COCCCNC(=O)CN1CN(c2ccccc2)C2(CCN(C(=O)Nc3ccccc3F)CC2)C1=O. The molecule has 0 radical (unpaired) electrons. The number of likely N-dealkylation sites (tertiary alicyclic amines) is 1. The van der Waals surface area contributed by atoms with E-state index in [0.29, 0.717) is 45.5 Å². The van der Waals surface area contributed by atoms with Crippen LogP contribution >= 0.6 is 0 Å². The maximum Gasteiger partial charge on any atom is 0.321 e. The minimum atomic E-state index is -0.855. The van der Waals surface area contributed by atoms with E-state index in [9.17, 15) is 18.8 Å². The van der Waals surface area contributed by atoms with Crippen molar-refractivity contribution in [1.82, 2.24) is 15.1 Å². The normalized spacial score (nSPS) is 16.9.